The van der Waals surface area contributed by atoms with Crippen LogP contribution in [0.15, 0.2) is 36.4 Å². The van der Waals surface area contributed by atoms with Crippen LogP contribution in [0.5, 0.6) is 11.5 Å². The molecule has 0 aromatic heterocycles. The Morgan fingerprint density at radius 3 is 0.967 bits per heavy atom. The van der Waals surface area contributed by atoms with Gasteiger partial charge in [-0.2, -0.15) is 0 Å². The van der Waals surface area contributed by atoms with Gasteiger partial charge in [-0.05, 0) is 12.1 Å². The molecular formula is C34H38N4O22. The summed E-state index contributed by atoms with van der Waals surface area (Å²) in [5.74, 6) is -7.94. The third-order valence-electron chi connectivity index (χ3n) is 6.80. The number of nitrogens with zero attached hydrogens (tertiary/aromatic N) is 4. The van der Waals surface area contributed by atoms with Gasteiger partial charge in [0.15, 0.2) is 0 Å². The molecule has 0 amide bonds. The second kappa shape index (κ2) is 24.8. The number of ether oxygens (including phenoxy) is 10. The Kier molecular flexibility index (Phi) is 19.9. The summed E-state index contributed by atoms with van der Waals surface area (Å²) in [7, 11) is 0. The van der Waals surface area contributed by atoms with Crippen LogP contribution in [-0.2, 0) is 76.3 Å². The van der Waals surface area contributed by atoms with Gasteiger partial charge in [0.2, 0.25) is 27.2 Å². The van der Waals surface area contributed by atoms with E-state index in [1.54, 1.807) is 0 Å². The number of nitro benzene ring substituents is 2. The van der Waals surface area contributed by atoms with Crippen molar-refractivity contribution in [3.05, 3.63) is 56.6 Å². The molecule has 0 saturated heterocycles. The zero-order chi connectivity index (χ0) is 44.8. The predicted octanol–water partition coefficient (Wildman–Crippen LogP) is 0.829. The fraction of sp³-hybridized carbons (Fsp3) is 0.412. The third kappa shape index (κ3) is 18.4. The first-order chi connectivity index (χ1) is 28.4. The molecule has 0 radical (unpaired) electrons. The molecule has 0 heterocycles. The summed E-state index contributed by atoms with van der Waals surface area (Å²) in [6, 6.07) is 6.12. The van der Waals surface area contributed by atoms with E-state index >= 15 is 0 Å². The van der Waals surface area contributed by atoms with Crippen molar-refractivity contribution in [3.63, 3.8) is 0 Å². The monoisotopic (exact) mass is 854 g/mol. The lowest BCUT2D eigenvalue weighted by Gasteiger charge is -2.26. The van der Waals surface area contributed by atoms with E-state index in [1.807, 2.05) is 0 Å². The fourth-order valence-corrected chi connectivity index (χ4v) is 4.26. The SMILES string of the molecule is CC(=O)OCOC(=O)CN(CC(=O)OCOC(C)=O)c1ccc([N+](=O)[O-])cc1OCCOc1cc([N+](=O)[O-])ccc1N(CC(=O)OCOC(C)=O)CC(=O)OCOC(C)=O. The van der Waals surface area contributed by atoms with Crippen LogP contribution < -0.4 is 19.3 Å². The average Bonchev–Trinajstić information content (AvgIpc) is 3.15. The lowest BCUT2D eigenvalue weighted by Crippen LogP contribution is -2.37. The minimum absolute atomic E-state index is 0.129. The molecule has 26 heteroatoms. The predicted molar refractivity (Wildman–Crippen MR) is 193 cm³/mol. The first-order valence-corrected chi connectivity index (χ1v) is 16.8. The summed E-state index contributed by atoms with van der Waals surface area (Å²) in [6.45, 7) is -2.98. The summed E-state index contributed by atoms with van der Waals surface area (Å²) < 4.78 is 49.2. The third-order valence-corrected chi connectivity index (χ3v) is 6.80. The maximum Gasteiger partial charge on any atom is 0.328 e. The van der Waals surface area contributed by atoms with E-state index < -0.39 is 136 Å². The molecule has 0 aliphatic carbocycles. The Hall–Kier alpha value is -7.80. The number of carbonyl (C=O) groups is 8. The highest BCUT2D eigenvalue weighted by Crippen LogP contribution is 2.34. The van der Waals surface area contributed by atoms with E-state index in [9.17, 15) is 58.6 Å². The van der Waals surface area contributed by atoms with Gasteiger partial charge in [-0.3, -0.25) is 58.6 Å². The molecule has 0 spiro atoms. The van der Waals surface area contributed by atoms with Crippen LogP contribution in [0, 0.1) is 20.2 Å². The zero-order valence-corrected chi connectivity index (χ0v) is 32.3. The molecule has 2 rings (SSSR count). The van der Waals surface area contributed by atoms with Gasteiger partial charge >= 0.3 is 47.8 Å². The summed E-state index contributed by atoms with van der Waals surface area (Å²) in [5.41, 5.74) is -1.28. The Balaban J connectivity index is 2.44. The van der Waals surface area contributed by atoms with E-state index in [0.717, 1.165) is 73.9 Å². The van der Waals surface area contributed by atoms with Gasteiger partial charge in [-0.1, -0.05) is 0 Å². The molecule has 26 nitrogen and oxygen atoms in total. The molecule has 2 aromatic rings. The number of hydrogen-bond acceptors (Lipinski definition) is 24. The van der Waals surface area contributed by atoms with Gasteiger partial charge in [0.25, 0.3) is 11.4 Å². The average molecular weight is 855 g/mol. The lowest BCUT2D eigenvalue weighted by atomic mass is 10.2. The minimum atomic E-state index is -1.05. The Morgan fingerprint density at radius 1 is 0.467 bits per heavy atom. The highest BCUT2D eigenvalue weighted by Gasteiger charge is 2.25. The van der Waals surface area contributed by atoms with Crippen LogP contribution >= 0.6 is 0 Å². The first-order valence-electron chi connectivity index (χ1n) is 16.8. The van der Waals surface area contributed by atoms with E-state index in [1.165, 1.54) is 0 Å². The number of esters is 8. The second-order valence-corrected chi connectivity index (χ2v) is 11.3. The van der Waals surface area contributed by atoms with E-state index in [-0.39, 0.29) is 22.9 Å². The smallest absolute Gasteiger partial charge is 0.328 e. The molecular weight excluding hydrogens is 816 g/mol. The number of rotatable bonds is 25. The molecule has 0 N–H and O–H groups in total. The Bertz CT molecular complexity index is 1720. The Labute approximate surface area is 338 Å². The number of non-ortho nitro benzene ring substituents is 2. The number of anilines is 2. The maximum atomic E-state index is 12.7. The van der Waals surface area contributed by atoms with Crippen LogP contribution in [0.2, 0.25) is 0 Å². The van der Waals surface area contributed by atoms with E-state index in [0.29, 0.717) is 0 Å². The van der Waals surface area contributed by atoms with Crippen LogP contribution in [0.25, 0.3) is 0 Å². The standard InChI is InChI=1S/C34H38N4O22/c1-21(39)53-17-57-31(43)13-35(14-32(44)58-18-54-22(2)40)27-7-5-25(37(47)48)11-29(27)51-9-10-52-30-12-26(38(49)50)6-8-28(30)36(15-33(45)59-19-55-23(3)41)16-34(46)60-20-56-24(4)42/h5-8,11-12H,9-10,13-20H2,1-4H3. The summed E-state index contributed by atoms with van der Waals surface area (Å²) >= 11 is 0. The van der Waals surface area contributed by atoms with E-state index in [4.69, 9.17) is 28.4 Å². The van der Waals surface area contributed by atoms with Crippen molar-refractivity contribution in [2.45, 2.75) is 27.7 Å². The fourth-order valence-electron chi connectivity index (χ4n) is 4.26. The summed E-state index contributed by atoms with van der Waals surface area (Å²) in [5, 5.41) is 23.4. The molecule has 2 aromatic carbocycles. The highest BCUT2D eigenvalue weighted by molar-refractivity contribution is 5.84. The highest BCUT2D eigenvalue weighted by atomic mass is 16.7. The molecule has 0 fully saturated rings. The number of nitro groups is 2. The number of benzene rings is 2. The second-order valence-electron chi connectivity index (χ2n) is 11.3. The van der Waals surface area contributed by atoms with Gasteiger partial charge in [0.1, 0.15) is 50.9 Å². The van der Waals surface area contributed by atoms with Crippen molar-refractivity contribution in [1.29, 1.82) is 0 Å². The molecule has 0 bridgehead atoms. The number of carbonyl (C=O) groups excluding carboxylic acids is 8. The number of hydrogen-bond donors (Lipinski definition) is 0. The maximum absolute atomic E-state index is 12.7. The Morgan fingerprint density at radius 2 is 0.733 bits per heavy atom. The molecule has 60 heavy (non-hydrogen) atoms. The largest absolute Gasteiger partial charge is 0.488 e. The van der Waals surface area contributed by atoms with Crippen molar-refractivity contribution in [1.82, 2.24) is 0 Å². The summed E-state index contributed by atoms with van der Waals surface area (Å²) in [6.07, 6.45) is 0. The molecule has 326 valence electrons. The van der Waals surface area contributed by atoms with Gasteiger partial charge in [-0.15, -0.1) is 0 Å². The quantitative estimate of drug-likeness (QED) is 0.0333. The minimum Gasteiger partial charge on any atom is -0.488 e. The van der Waals surface area contributed by atoms with Crippen molar-refractivity contribution in [2.24, 2.45) is 0 Å². The molecule has 0 unspecified atom stereocenters. The van der Waals surface area contributed by atoms with Crippen molar-refractivity contribution in [3.8, 4) is 11.5 Å². The van der Waals surface area contributed by atoms with Gasteiger partial charge in [0.05, 0.1) is 33.4 Å². The van der Waals surface area contributed by atoms with Crippen LogP contribution in [0.1, 0.15) is 27.7 Å². The molecule has 0 atom stereocenters. The van der Waals surface area contributed by atoms with Crippen LogP contribution in [-0.4, -0.2) is 124 Å². The molecule has 0 aliphatic heterocycles. The van der Waals surface area contributed by atoms with Gasteiger partial charge in [0, 0.05) is 39.8 Å². The normalized spacial score (nSPS) is 10.1. The van der Waals surface area contributed by atoms with Gasteiger partial charge < -0.3 is 57.2 Å². The van der Waals surface area contributed by atoms with Crippen LogP contribution in [0.4, 0.5) is 22.7 Å². The van der Waals surface area contributed by atoms with Crippen molar-refractivity contribution < 1.29 is 95.6 Å². The van der Waals surface area contributed by atoms with Crippen LogP contribution in [0.3, 0.4) is 0 Å². The zero-order valence-electron chi connectivity index (χ0n) is 32.3. The van der Waals surface area contributed by atoms with Gasteiger partial charge in [-0.25, -0.2) is 0 Å². The van der Waals surface area contributed by atoms with E-state index in [2.05, 4.69) is 18.9 Å². The first kappa shape index (κ1) is 48.3. The van der Waals surface area contributed by atoms with Crippen molar-refractivity contribution >= 4 is 70.5 Å². The van der Waals surface area contributed by atoms with Crippen molar-refractivity contribution in [2.75, 3.05) is 76.4 Å². The summed E-state index contributed by atoms with van der Waals surface area (Å²) in [4.78, 5) is 119. The lowest BCUT2D eigenvalue weighted by molar-refractivity contribution is -0.385. The molecule has 0 saturated carbocycles. The molecule has 0 aliphatic rings. The topological polar surface area (TPSA) is 322 Å².